The van der Waals surface area contributed by atoms with Crippen LogP contribution in [0.2, 0.25) is 0 Å². The summed E-state index contributed by atoms with van der Waals surface area (Å²) < 4.78 is 0. The molecule has 0 saturated heterocycles. The first-order valence-electron chi connectivity index (χ1n) is 7.41. The molecule has 0 fully saturated rings. The second-order valence-electron chi connectivity index (χ2n) is 5.10. The zero-order valence-electron chi connectivity index (χ0n) is 13.2. The number of hydrogen-bond donors (Lipinski definition) is 0. The molecule has 1 heteroatoms. The van der Waals surface area contributed by atoms with Crippen molar-refractivity contribution in [1.82, 2.24) is 0 Å². The van der Waals surface area contributed by atoms with E-state index < -0.39 is 0 Å². The van der Waals surface area contributed by atoms with E-state index in [-0.39, 0.29) is 0 Å². The van der Waals surface area contributed by atoms with Crippen LogP contribution in [0.5, 0.6) is 0 Å². The fourth-order valence-electron chi connectivity index (χ4n) is 1.93. The second-order valence-corrected chi connectivity index (χ2v) is 5.70. The van der Waals surface area contributed by atoms with Crippen LogP contribution in [0.4, 0.5) is 0 Å². The highest BCUT2D eigenvalue weighted by Crippen LogP contribution is 2.18. The van der Waals surface area contributed by atoms with Gasteiger partial charge in [-0.1, -0.05) is 74.2 Å². The van der Waals surface area contributed by atoms with Crippen molar-refractivity contribution in [3.05, 3.63) is 78.4 Å². The summed E-state index contributed by atoms with van der Waals surface area (Å²) in [7, 11) is 3.58. The lowest BCUT2D eigenvalue weighted by Crippen LogP contribution is -1.96. The summed E-state index contributed by atoms with van der Waals surface area (Å²) >= 11 is 0. The van der Waals surface area contributed by atoms with Gasteiger partial charge in [-0.3, -0.25) is 0 Å². The van der Waals surface area contributed by atoms with Gasteiger partial charge < -0.3 is 0 Å². The minimum absolute atomic E-state index is 1.02. The zero-order chi connectivity index (χ0) is 15.7. The minimum Gasteiger partial charge on any atom is -0.118 e. The molecule has 0 unspecified atom stereocenters. The monoisotopic (exact) mass is 296 g/mol. The van der Waals surface area contributed by atoms with E-state index >= 15 is 0 Å². The Morgan fingerprint density at radius 2 is 1.81 bits per heavy atom. The molecule has 0 saturated carbocycles. The minimum atomic E-state index is 1.02. The third kappa shape index (κ3) is 6.10. The molecular formula is C20H25P. The highest BCUT2D eigenvalue weighted by Gasteiger charge is 1.99. The number of rotatable bonds is 4. The molecular weight excluding hydrogens is 271 g/mol. The topological polar surface area (TPSA) is 0 Å². The van der Waals surface area contributed by atoms with Gasteiger partial charge in [0.1, 0.15) is 0 Å². The third-order valence-electron chi connectivity index (χ3n) is 3.33. The van der Waals surface area contributed by atoms with Gasteiger partial charge in [-0.15, -0.1) is 8.86 Å². The summed E-state index contributed by atoms with van der Waals surface area (Å²) in [6, 6.07) is 10.1. The van der Waals surface area contributed by atoms with Crippen molar-refractivity contribution in [1.29, 1.82) is 0 Å². The lowest BCUT2D eigenvalue weighted by atomic mass is 10.0. The van der Waals surface area contributed by atoms with E-state index in [0.29, 0.717) is 0 Å². The van der Waals surface area contributed by atoms with E-state index in [9.17, 15) is 0 Å². The molecule has 0 spiro atoms. The van der Waals surface area contributed by atoms with Crippen LogP contribution in [-0.4, -0.2) is 5.29 Å². The lowest BCUT2D eigenvalue weighted by Gasteiger charge is -2.06. The zero-order valence-corrected chi connectivity index (χ0v) is 14.2. The van der Waals surface area contributed by atoms with Gasteiger partial charge in [-0.25, -0.2) is 0 Å². The van der Waals surface area contributed by atoms with E-state index in [1.54, 1.807) is 0 Å². The van der Waals surface area contributed by atoms with Gasteiger partial charge in [-0.2, -0.15) is 0 Å². The van der Waals surface area contributed by atoms with Crippen LogP contribution in [-0.2, 0) is 0 Å². The Morgan fingerprint density at radius 1 is 1.14 bits per heavy atom. The molecule has 0 aromatic heterocycles. The Morgan fingerprint density at radius 3 is 2.29 bits per heavy atom. The van der Waals surface area contributed by atoms with Crippen LogP contribution >= 0.6 is 8.86 Å². The molecule has 1 aliphatic rings. The second kappa shape index (κ2) is 9.32. The lowest BCUT2D eigenvalue weighted by molar-refractivity contribution is 1.03. The van der Waals surface area contributed by atoms with E-state index in [0.717, 1.165) is 23.1 Å². The molecule has 0 nitrogen and oxygen atoms in total. The fourth-order valence-corrected chi connectivity index (χ4v) is 2.11. The Labute approximate surface area is 131 Å². The largest absolute Gasteiger partial charge is 0.118 e. The standard InChI is InChI=1S/C11H12.C9H13P/c1-9(2)10(3)11-7-5-4-6-8-11;1-2-9(10)8-6-4-3-5-7-8/h4-8H,1,3H2,2H3;4,6-7,10H,2-3,5H2,1H3. The molecule has 110 valence electrons. The maximum Gasteiger partial charge on any atom is -0.0188 e. The van der Waals surface area contributed by atoms with Crippen molar-refractivity contribution >= 4 is 19.7 Å². The van der Waals surface area contributed by atoms with Crippen LogP contribution in [0.15, 0.2) is 72.9 Å². The van der Waals surface area contributed by atoms with Crippen molar-refractivity contribution in [2.24, 2.45) is 0 Å². The Bertz CT molecular complexity index is 559. The van der Waals surface area contributed by atoms with Crippen molar-refractivity contribution in [3.8, 4) is 0 Å². The van der Waals surface area contributed by atoms with Crippen LogP contribution < -0.4 is 0 Å². The average molecular weight is 296 g/mol. The van der Waals surface area contributed by atoms with E-state index in [4.69, 9.17) is 0 Å². The Kier molecular flexibility index (Phi) is 7.72. The molecule has 0 radical (unpaired) electrons. The smallest absolute Gasteiger partial charge is 0.0188 e. The van der Waals surface area contributed by atoms with Crippen molar-refractivity contribution < 1.29 is 0 Å². The average Bonchev–Trinajstić information content (AvgIpc) is 2.55. The van der Waals surface area contributed by atoms with Gasteiger partial charge in [-0.05, 0) is 48.2 Å². The van der Waals surface area contributed by atoms with Gasteiger partial charge >= 0.3 is 0 Å². The number of hydrogen-bond acceptors (Lipinski definition) is 0. The Hall–Kier alpha value is -1.65. The SMILES string of the molecule is C=C(C)C(=C)c1ccccc1.CCC(=P)C1=CCCC=C1. The molecule has 1 aliphatic carbocycles. The molecule has 1 aromatic carbocycles. The maximum atomic E-state index is 3.92. The molecule has 0 heterocycles. The van der Waals surface area contributed by atoms with Crippen molar-refractivity contribution in [3.63, 3.8) is 0 Å². The van der Waals surface area contributed by atoms with Gasteiger partial charge in [0.25, 0.3) is 0 Å². The predicted octanol–water partition coefficient (Wildman–Crippen LogP) is 6.26. The molecule has 0 bridgehead atoms. The van der Waals surface area contributed by atoms with Crippen LogP contribution in [0.3, 0.4) is 0 Å². The first-order valence-corrected chi connectivity index (χ1v) is 7.91. The van der Waals surface area contributed by atoms with Crippen LogP contribution in [0, 0.1) is 0 Å². The molecule has 21 heavy (non-hydrogen) atoms. The summed E-state index contributed by atoms with van der Waals surface area (Å²) in [5, 5.41) is 1.32. The highest BCUT2D eigenvalue weighted by molar-refractivity contribution is 7.22. The summed E-state index contributed by atoms with van der Waals surface area (Å²) in [4.78, 5) is 0. The summed E-state index contributed by atoms with van der Waals surface area (Å²) in [5.74, 6) is 0. The van der Waals surface area contributed by atoms with Crippen LogP contribution in [0.1, 0.15) is 38.7 Å². The summed E-state index contributed by atoms with van der Waals surface area (Å²) in [6.07, 6.45) is 10.2. The summed E-state index contributed by atoms with van der Waals surface area (Å²) in [6.45, 7) is 11.9. The Balaban J connectivity index is 0.000000211. The maximum absolute atomic E-state index is 3.92. The molecule has 2 rings (SSSR count). The molecule has 0 N–H and O–H groups in total. The van der Waals surface area contributed by atoms with Crippen molar-refractivity contribution in [2.75, 3.05) is 0 Å². The van der Waals surface area contributed by atoms with E-state index in [1.807, 2.05) is 37.3 Å². The highest BCUT2D eigenvalue weighted by atomic mass is 31.0. The van der Waals surface area contributed by atoms with Gasteiger partial charge in [0, 0.05) is 0 Å². The quantitative estimate of drug-likeness (QED) is 0.454. The first-order chi connectivity index (χ1) is 10.1. The van der Waals surface area contributed by atoms with Crippen molar-refractivity contribution in [2.45, 2.75) is 33.1 Å². The first kappa shape index (κ1) is 17.4. The number of allylic oxidation sites excluding steroid dienone is 6. The number of benzene rings is 1. The van der Waals surface area contributed by atoms with E-state index in [2.05, 4.69) is 47.2 Å². The van der Waals surface area contributed by atoms with Crippen LogP contribution in [0.25, 0.3) is 5.57 Å². The molecule has 0 atom stereocenters. The predicted molar refractivity (Wildman–Crippen MR) is 100 cm³/mol. The van der Waals surface area contributed by atoms with Gasteiger partial charge in [0.05, 0.1) is 0 Å². The molecule has 0 aliphatic heterocycles. The normalized spacial score (nSPS) is 12.8. The molecule has 1 aromatic rings. The fraction of sp³-hybridized carbons (Fsp3) is 0.250. The van der Waals surface area contributed by atoms with Gasteiger partial charge in [0.15, 0.2) is 0 Å². The van der Waals surface area contributed by atoms with Gasteiger partial charge in [0.2, 0.25) is 0 Å². The van der Waals surface area contributed by atoms with E-state index in [1.165, 1.54) is 23.7 Å². The third-order valence-corrected chi connectivity index (χ3v) is 3.98. The summed E-state index contributed by atoms with van der Waals surface area (Å²) in [5.41, 5.74) is 4.56. The molecule has 0 amide bonds.